The predicted octanol–water partition coefficient (Wildman–Crippen LogP) is 4.37. The summed E-state index contributed by atoms with van der Waals surface area (Å²) >= 11 is 0. The Bertz CT molecular complexity index is 976. The van der Waals surface area contributed by atoms with Crippen molar-refractivity contribution in [2.45, 2.75) is 24.9 Å². The molecule has 5 heteroatoms. The highest BCUT2D eigenvalue weighted by atomic mass is 16.5. The summed E-state index contributed by atoms with van der Waals surface area (Å²) in [5.74, 6) is -0.761. The highest BCUT2D eigenvalue weighted by Crippen LogP contribution is 2.26. The van der Waals surface area contributed by atoms with Gasteiger partial charge in [-0.3, -0.25) is 9.59 Å². The van der Waals surface area contributed by atoms with Crippen molar-refractivity contribution in [3.8, 4) is 0 Å². The van der Waals surface area contributed by atoms with Crippen LogP contribution in [0.3, 0.4) is 0 Å². The van der Waals surface area contributed by atoms with Crippen LogP contribution < -0.4 is 10.6 Å². The summed E-state index contributed by atoms with van der Waals surface area (Å²) < 4.78 is 5.55. The van der Waals surface area contributed by atoms with Crippen molar-refractivity contribution >= 4 is 17.5 Å². The van der Waals surface area contributed by atoms with Gasteiger partial charge in [-0.25, -0.2) is 0 Å². The fourth-order valence-electron chi connectivity index (χ4n) is 3.85. The van der Waals surface area contributed by atoms with Crippen molar-refractivity contribution < 1.29 is 14.3 Å². The Kier molecular flexibility index (Phi) is 6.75. The molecule has 0 aliphatic carbocycles. The van der Waals surface area contributed by atoms with Gasteiger partial charge in [-0.2, -0.15) is 0 Å². The van der Waals surface area contributed by atoms with Gasteiger partial charge in [0.1, 0.15) is 0 Å². The highest BCUT2D eigenvalue weighted by Gasteiger charge is 2.23. The first-order valence-electron chi connectivity index (χ1n) is 10.6. The third-order valence-electron chi connectivity index (χ3n) is 5.43. The standard InChI is InChI=1S/C26H26N2O3/c29-25(27-18-23-15-8-16-31-23)21-13-7-14-22(17-21)28-26(30)24(19-9-3-1-4-10-19)20-11-5-2-6-12-20/h1-7,9-14,17,23-24H,8,15-16,18H2,(H,27,29)(H,28,30). The van der Waals surface area contributed by atoms with Gasteiger partial charge in [-0.15, -0.1) is 0 Å². The van der Waals surface area contributed by atoms with Gasteiger partial charge < -0.3 is 15.4 Å². The van der Waals surface area contributed by atoms with E-state index < -0.39 is 5.92 Å². The molecular weight excluding hydrogens is 388 g/mol. The predicted molar refractivity (Wildman–Crippen MR) is 121 cm³/mol. The van der Waals surface area contributed by atoms with Gasteiger partial charge in [0.15, 0.2) is 0 Å². The minimum Gasteiger partial charge on any atom is -0.376 e. The average molecular weight is 415 g/mol. The van der Waals surface area contributed by atoms with Crippen LogP contribution in [0.5, 0.6) is 0 Å². The van der Waals surface area contributed by atoms with Gasteiger partial charge >= 0.3 is 0 Å². The van der Waals surface area contributed by atoms with Gasteiger partial charge in [-0.05, 0) is 42.2 Å². The van der Waals surface area contributed by atoms with Crippen LogP contribution in [0.15, 0.2) is 84.9 Å². The van der Waals surface area contributed by atoms with Crippen molar-refractivity contribution in [1.29, 1.82) is 0 Å². The zero-order chi connectivity index (χ0) is 21.5. The zero-order valence-electron chi connectivity index (χ0n) is 17.3. The number of amides is 2. The van der Waals surface area contributed by atoms with E-state index in [-0.39, 0.29) is 17.9 Å². The van der Waals surface area contributed by atoms with E-state index in [9.17, 15) is 9.59 Å². The molecule has 1 aliphatic heterocycles. The molecule has 1 fully saturated rings. The minimum absolute atomic E-state index is 0.0874. The number of anilines is 1. The lowest BCUT2D eigenvalue weighted by molar-refractivity contribution is -0.116. The Hall–Kier alpha value is -3.44. The molecule has 0 saturated carbocycles. The first-order chi connectivity index (χ1) is 15.2. The van der Waals surface area contributed by atoms with E-state index in [1.165, 1.54) is 0 Å². The maximum atomic E-state index is 13.3. The number of nitrogens with one attached hydrogen (secondary N) is 2. The number of benzene rings is 3. The van der Waals surface area contributed by atoms with Crippen molar-refractivity contribution in [2.75, 3.05) is 18.5 Å². The van der Waals surface area contributed by atoms with Crippen LogP contribution in [0.1, 0.15) is 40.2 Å². The summed E-state index contributed by atoms with van der Waals surface area (Å²) in [7, 11) is 0. The molecular formula is C26H26N2O3. The SMILES string of the molecule is O=C(NCC1CCCO1)c1cccc(NC(=O)C(c2ccccc2)c2ccccc2)c1. The van der Waals surface area contributed by atoms with E-state index in [1.54, 1.807) is 24.3 Å². The number of hydrogen-bond acceptors (Lipinski definition) is 3. The normalized spacial score (nSPS) is 15.6. The third kappa shape index (κ3) is 5.38. The van der Waals surface area contributed by atoms with Gasteiger partial charge in [0.05, 0.1) is 12.0 Å². The van der Waals surface area contributed by atoms with Gasteiger partial charge in [-0.1, -0.05) is 66.7 Å². The van der Waals surface area contributed by atoms with Crippen molar-refractivity contribution in [3.63, 3.8) is 0 Å². The molecule has 0 aromatic heterocycles. The Balaban J connectivity index is 1.48. The summed E-state index contributed by atoms with van der Waals surface area (Å²) in [4.78, 5) is 25.8. The average Bonchev–Trinajstić information content (AvgIpc) is 3.33. The fraction of sp³-hybridized carbons (Fsp3) is 0.231. The van der Waals surface area contributed by atoms with Crippen LogP contribution in [-0.2, 0) is 9.53 Å². The van der Waals surface area contributed by atoms with Crippen molar-refractivity contribution in [2.24, 2.45) is 0 Å². The fourth-order valence-corrected chi connectivity index (χ4v) is 3.85. The molecule has 5 nitrogen and oxygen atoms in total. The number of ether oxygens (including phenoxy) is 1. The molecule has 0 spiro atoms. The molecule has 1 aliphatic rings. The Morgan fingerprint density at radius 2 is 1.58 bits per heavy atom. The molecule has 1 unspecified atom stereocenters. The van der Waals surface area contributed by atoms with Crippen LogP contribution in [0.4, 0.5) is 5.69 Å². The number of carbonyl (C=O) groups excluding carboxylic acids is 2. The Morgan fingerprint density at radius 3 is 2.19 bits per heavy atom. The maximum absolute atomic E-state index is 13.3. The molecule has 4 rings (SSSR count). The van der Waals surface area contributed by atoms with E-state index in [4.69, 9.17) is 4.74 Å². The maximum Gasteiger partial charge on any atom is 0.251 e. The summed E-state index contributed by atoms with van der Waals surface area (Å²) in [6, 6.07) is 26.4. The van der Waals surface area contributed by atoms with E-state index >= 15 is 0 Å². The van der Waals surface area contributed by atoms with Crippen molar-refractivity contribution in [3.05, 3.63) is 102 Å². The van der Waals surface area contributed by atoms with Crippen LogP contribution >= 0.6 is 0 Å². The Labute approximate surface area is 182 Å². The van der Waals surface area contributed by atoms with Crippen LogP contribution in [-0.4, -0.2) is 31.1 Å². The lowest BCUT2D eigenvalue weighted by Crippen LogP contribution is -2.31. The quantitative estimate of drug-likeness (QED) is 0.603. The number of carbonyl (C=O) groups is 2. The molecule has 0 radical (unpaired) electrons. The monoisotopic (exact) mass is 414 g/mol. The third-order valence-corrected chi connectivity index (χ3v) is 5.43. The van der Waals surface area contributed by atoms with E-state index in [0.29, 0.717) is 17.8 Å². The summed E-state index contributed by atoms with van der Waals surface area (Å²) in [6.07, 6.45) is 2.09. The second kappa shape index (κ2) is 10.0. The molecule has 31 heavy (non-hydrogen) atoms. The minimum atomic E-state index is -0.445. The molecule has 158 valence electrons. The molecule has 1 atom stereocenters. The molecule has 0 bridgehead atoms. The van der Waals surface area contributed by atoms with Crippen molar-refractivity contribution in [1.82, 2.24) is 5.32 Å². The second-order valence-electron chi connectivity index (χ2n) is 7.67. The van der Waals surface area contributed by atoms with E-state index in [1.807, 2.05) is 60.7 Å². The molecule has 1 heterocycles. The largest absolute Gasteiger partial charge is 0.376 e. The van der Waals surface area contributed by atoms with Gasteiger partial charge in [0.25, 0.3) is 5.91 Å². The van der Waals surface area contributed by atoms with Gasteiger partial charge in [0, 0.05) is 24.4 Å². The van der Waals surface area contributed by atoms with Gasteiger partial charge in [0.2, 0.25) is 5.91 Å². The number of rotatable bonds is 7. The Morgan fingerprint density at radius 1 is 0.903 bits per heavy atom. The van der Waals surface area contributed by atoms with Crippen LogP contribution in [0.25, 0.3) is 0 Å². The summed E-state index contributed by atoms with van der Waals surface area (Å²) in [5.41, 5.74) is 2.92. The van der Waals surface area contributed by atoms with Crippen LogP contribution in [0, 0.1) is 0 Å². The molecule has 2 amide bonds. The molecule has 3 aromatic carbocycles. The summed E-state index contributed by atoms with van der Waals surface area (Å²) in [5, 5.41) is 5.91. The highest BCUT2D eigenvalue weighted by molar-refractivity contribution is 6.00. The molecule has 2 N–H and O–H groups in total. The van der Waals surface area contributed by atoms with Crippen LogP contribution in [0.2, 0.25) is 0 Å². The van der Waals surface area contributed by atoms with E-state index in [0.717, 1.165) is 30.6 Å². The molecule has 3 aromatic rings. The topological polar surface area (TPSA) is 67.4 Å². The first kappa shape index (κ1) is 20.8. The lowest BCUT2D eigenvalue weighted by Gasteiger charge is -2.18. The number of hydrogen-bond donors (Lipinski definition) is 2. The lowest BCUT2D eigenvalue weighted by atomic mass is 9.90. The summed E-state index contributed by atoms with van der Waals surface area (Å²) in [6.45, 7) is 1.26. The molecule has 1 saturated heterocycles. The smallest absolute Gasteiger partial charge is 0.251 e. The zero-order valence-corrected chi connectivity index (χ0v) is 17.3. The second-order valence-corrected chi connectivity index (χ2v) is 7.67. The first-order valence-corrected chi connectivity index (χ1v) is 10.6. The van der Waals surface area contributed by atoms with E-state index in [2.05, 4.69) is 10.6 Å².